The van der Waals surface area contributed by atoms with E-state index in [1.807, 2.05) is 68.5 Å². The van der Waals surface area contributed by atoms with E-state index in [1.54, 1.807) is 12.0 Å². The molecule has 0 N–H and O–H groups in total. The molecule has 1 aliphatic rings. The van der Waals surface area contributed by atoms with E-state index in [0.29, 0.717) is 25.3 Å². The van der Waals surface area contributed by atoms with Crippen molar-refractivity contribution in [3.05, 3.63) is 30.0 Å². The lowest BCUT2D eigenvalue weighted by Gasteiger charge is -2.40. The van der Waals surface area contributed by atoms with E-state index >= 15 is 0 Å². The number of carbonyl (C=O) groups excluding carboxylic acids is 2. The second-order valence-electron chi connectivity index (χ2n) is 8.29. The Kier molecular flexibility index (Phi) is 5.28. The van der Waals surface area contributed by atoms with E-state index in [2.05, 4.69) is 0 Å². The van der Waals surface area contributed by atoms with Crippen LogP contribution in [0.25, 0.3) is 10.9 Å². The summed E-state index contributed by atoms with van der Waals surface area (Å²) in [5.74, 6) is 0.723. The van der Waals surface area contributed by atoms with Crippen molar-refractivity contribution in [1.29, 1.82) is 0 Å². The monoisotopic (exact) mass is 387 g/mol. The molecule has 2 heterocycles. The Morgan fingerprint density at radius 3 is 2.46 bits per heavy atom. The van der Waals surface area contributed by atoms with Crippen molar-refractivity contribution in [2.75, 3.05) is 26.7 Å². The zero-order valence-corrected chi connectivity index (χ0v) is 17.5. The maximum absolute atomic E-state index is 13.2. The average molecular weight is 387 g/mol. The first-order valence-corrected chi connectivity index (χ1v) is 9.53. The molecule has 0 radical (unpaired) electrons. The summed E-state index contributed by atoms with van der Waals surface area (Å²) < 4.78 is 12.6. The molecule has 2 amide bonds. The first-order chi connectivity index (χ1) is 13.1. The van der Waals surface area contributed by atoms with Gasteiger partial charge in [0.25, 0.3) is 5.91 Å². The van der Waals surface area contributed by atoms with Crippen molar-refractivity contribution >= 4 is 22.9 Å². The largest absolute Gasteiger partial charge is 0.497 e. The molecule has 7 nitrogen and oxygen atoms in total. The molecule has 0 bridgehead atoms. The van der Waals surface area contributed by atoms with Crippen LogP contribution in [0.5, 0.6) is 5.75 Å². The highest BCUT2D eigenvalue weighted by Crippen LogP contribution is 2.25. The molecule has 2 aromatic rings. The third-order valence-corrected chi connectivity index (χ3v) is 5.01. The molecule has 1 saturated heterocycles. The lowest BCUT2D eigenvalue weighted by atomic mass is 10.1. The van der Waals surface area contributed by atoms with Gasteiger partial charge in [0.15, 0.2) is 0 Å². The van der Waals surface area contributed by atoms with Crippen LogP contribution in [0.2, 0.25) is 0 Å². The molecule has 0 spiro atoms. The summed E-state index contributed by atoms with van der Waals surface area (Å²) in [6.07, 6.45) is -0.330. The number of hydrogen-bond acceptors (Lipinski definition) is 4. The van der Waals surface area contributed by atoms with Crippen molar-refractivity contribution in [1.82, 2.24) is 14.4 Å². The fourth-order valence-electron chi connectivity index (χ4n) is 3.54. The Labute approximate surface area is 165 Å². The second-order valence-corrected chi connectivity index (χ2v) is 8.29. The SMILES string of the molecule is COc1ccc2cc(C(=O)N3CCN(C(=O)OC(C)(C)C)C[C@H]3C)n(C)c2c1. The average Bonchev–Trinajstić information content (AvgIpc) is 2.95. The van der Waals surface area contributed by atoms with E-state index in [-0.39, 0.29) is 18.0 Å². The highest BCUT2D eigenvalue weighted by Gasteiger charge is 2.33. The van der Waals surface area contributed by atoms with E-state index in [4.69, 9.17) is 9.47 Å². The van der Waals surface area contributed by atoms with Gasteiger partial charge in [0.1, 0.15) is 17.0 Å². The van der Waals surface area contributed by atoms with Gasteiger partial charge in [-0.15, -0.1) is 0 Å². The van der Waals surface area contributed by atoms with Crippen molar-refractivity contribution in [2.24, 2.45) is 7.05 Å². The van der Waals surface area contributed by atoms with Crippen LogP contribution >= 0.6 is 0 Å². The lowest BCUT2D eigenvalue weighted by Crippen LogP contribution is -2.56. The van der Waals surface area contributed by atoms with Crippen molar-refractivity contribution < 1.29 is 19.1 Å². The van der Waals surface area contributed by atoms with E-state index < -0.39 is 5.60 Å². The smallest absolute Gasteiger partial charge is 0.410 e. The molecule has 1 fully saturated rings. The molecular weight excluding hydrogens is 358 g/mol. The number of amides is 2. The predicted molar refractivity (Wildman–Crippen MR) is 108 cm³/mol. The Balaban J connectivity index is 1.76. The molecule has 3 rings (SSSR count). The normalized spacial score (nSPS) is 17.7. The van der Waals surface area contributed by atoms with Gasteiger partial charge in [0, 0.05) is 44.2 Å². The number of fused-ring (bicyclic) bond motifs is 1. The van der Waals surface area contributed by atoms with E-state index in [1.165, 1.54) is 0 Å². The van der Waals surface area contributed by atoms with Crippen LogP contribution in [-0.4, -0.2) is 64.8 Å². The molecule has 28 heavy (non-hydrogen) atoms. The summed E-state index contributed by atoms with van der Waals surface area (Å²) in [4.78, 5) is 29.0. The van der Waals surface area contributed by atoms with Crippen LogP contribution in [0, 0.1) is 0 Å². The van der Waals surface area contributed by atoms with Crippen molar-refractivity contribution in [3.8, 4) is 5.75 Å². The topological polar surface area (TPSA) is 64.0 Å². The van der Waals surface area contributed by atoms with Gasteiger partial charge >= 0.3 is 6.09 Å². The number of piperazine rings is 1. The molecule has 1 aromatic carbocycles. The number of hydrogen-bond donors (Lipinski definition) is 0. The fourth-order valence-corrected chi connectivity index (χ4v) is 3.54. The van der Waals surface area contributed by atoms with Gasteiger partial charge in [-0.25, -0.2) is 4.79 Å². The van der Waals surface area contributed by atoms with Crippen LogP contribution < -0.4 is 4.74 Å². The Bertz CT molecular complexity index is 897. The van der Waals surface area contributed by atoms with E-state index in [0.717, 1.165) is 16.7 Å². The molecule has 1 atom stereocenters. The highest BCUT2D eigenvalue weighted by atomic mass is 16.6. The molecule has 152 valence electrons. The van der Waals surface area contributed by atoms with Gasteiger partial charge in [0.2, 0.25) is 0 Å². The fraction of sp³-hybridized carbons (Fsp3) is 0.524. The standard InChI is InChI=1S/C21H29N3O4/c1-14-13-23(20(26)28-21(2,3)4)9-10-24(14)19(25)18-11-15-7-8-16(27-6)12-17(15)22(18)5/h7-8,11-12,14H,9-10,13H2,1-6H3/t14-/m1/s1. The molecule has 7 heteroatoms. The number of carbonyl (C=O) groups is 2. The number of aryl methyl sites for hydroxylation is 1. The number of methoxy groups -OCH3 is 1. The number of rotatable bonds is 2. The van der Waals surface area contributed by atoms with Gasteiger partial charge in [-0.05, 0) is 45.9 Å². The van der Waals surface area contributed by atoms with Crippen molar-refractivity contribution in [3.63, 3.8) is 0 Å². The first kappa shape index (κ1) is 20.0. The summed E-state index contributed by atoms with van der Waals surface area (Å²) in [6, 6.07) is 7.58. The third-order valence-electron chi connectivity index (χ3n) is 5.01. The second kappa shape index (κ2) is 7.37. The number of nitrogens with zero attached hydrogens (tertiary/aromatic N) is 3. The zero-order valence-electron chi connectivity index (χ0n) is 17.5. The Morgan fingerprint density at radius 1 is 1.14 bits per heavy atom. The van der Waals surface area contributed by atoms with Gasteiger partial charge in [-0.3, -0.25) is 4.79 Å². The number of aromatic nitrogens is 1. The summed E-state index contributed by atoms with van der Waals surface area (Å²) in [7, 11) is 3.51. The number of benzene rings is 1. The predicted octanol–water partition coefficient (Wildman–Crippen LogP) is 3.27. The van der Waals surface area contributed by atoms with Crippen LogP contribution in [-0.2, 0) is 11.8 Å². The summed E-state index contributed by atoms with van der Waals surface area (Å²) in [5, 5.41) is 0.992. The minimum absolute atomic E-state index is 0.0333. The minimum atomic E-state index is -0.530. The Hall–Kier alpha value is -2.70. The van der Waals surface area contributed by atoms with Crippen LogP contribution in [0.4, 0.5) is 4.79 Å². The van der Waals surface area contributed by atoms with Crippen LogP contribution in [0.3, 0.4) is 0 Å². The van der Waals surface area contributed by atoms with Crippen LogP contribution in [0.15, 0.2) is 24.3 Å². The van der Waals surface area contributed by atoms with Crippen LogP contribution in [0.1, 0.15) is 38.2 Å². The zero-order chi connectivity index (χ0) is 20.6. The first-order valence-electron chi connectivity index (χ1n) is 9.53. The summed E-state index contributed by atoms with van der Waals surface area (Å²) in [6.45, 7) is 8.90. The van der Waals surface area contributed by atoms with Gasteiger partial charge in [-0.2, -0.15) is 0 Å². The Morgan fingerprint density at radius 2 is 1.86 bits per heavy atom. The van der Waals surface area contributed by atoms with Gasteiger partial charge in [0.05, 0.1) is 12.6 Å². The van der Waals surface area contributed by atoms with Gasteiger partial charge in [-0.1, -0.05) is 0 Å². The summed E-state index contributed by atoms with van der Waals surface area (Å²) >= 11 is 0. The molecule has 0 saturated carbocycles. The molecule has 1 aromatic heterocycles. The summed E-state index contributed by atoms with van der Waals surface area (Å²) in [5.41, 5.74) is 1.04. The molecular formula is C21H29N3O4. The lowest BCUT2D eigenvalue weighted by molar-refractivity contribution is 0.00599. The maximum atomic E-state index is 13.2. The minimum Gasteiger partial charge on any atom is -0.497 e. The van der Waals surface area contributed by atoms with Crippen molar-refractivity contribution in [2.45, 2.75) is 39.3 Å². The molecule has 0 unspecified atom stereocenters. The van der Waals surface area contributed by atoms with E-state index in [9.17, 15) is 9.59 Å². The maximum Gasteiger partial charge on any atom is 0.410 e. The molecule has 0 aliphatic carbocycles. The third kappa shape index (κ3) is 3.93. The number of ether oxygens (including phenoxy) is 2. The quantitative estimate of drug-likeness (QED) is 0.793. The highest BCUT2D eigenvalue weighted by molar-refractivity contribution is 5.99. The molecule has 1 aliphatic heterocycles. The van der Waals surface area contributed by atoms with Gasteiger partial charge < -0.3 is 23.8 Å².